The molecule has 9 atom stereocenters. The summed E-state index contributed by atoms with van der Waals surface area (Å²) < 4.78 is 11.2. The molecule has 0 aromatic heterocycles. The molecule has 11 heteroatoms. The number of nitrogens with one attached hydrogen (secondary N) is 1. The van der Waals surface area contributed by atoms with Crippen LogP contribution >= 0.6 is 0 Å². The molecule has 9 unspecified atom stereocenters. The van der Waals surface area contributed by atoms with Gasteiger partial charge in [-0.05, 0) is 38.5 Å². The van der Waals surface area contributed by atoms with Gasteiger partial charge >= 0.3 is 0 Å². The van der Waals surface area contributed by atoms with Gasteiger partial charge in [0.1, 0.15) is 36.6 Å². The number of amides is 1. The number of ether oxygens (including phenoxy) is 2. The molecule has 1 aliphatic rings. The Labute approximate surface area is 487 Å². The van der Waals surface area contributed by atoms with Crippen molar-refractivity contribution >= 4 is 5.91 Å². The number of allylic oxidation sites excluding steroid dienone is 2. The fraction of sp³-hybridized carbons (Fsp3) is 0.956. The summed E-state index contributed by atoms with van der Waals surface area (Å²) in [7, 11) is 0. The Kier molecular flexibility index (Phi) is 55.0. The van der Waals surface area contributed by atoms with E-state index in [1.807, 2.05) is 0 Å². The first kappa shape index (κ1) is 75.9. The lowest BCUT2D eigenvalue weighted by atomic mass is 9.98. The van der Waals surface area contributed by atoms with Crippen molar-refractivity contribution in [2.45, 2.75) is 403 Å². The van der Waals surface area contributed by atoms with Gasteiger partial charge < -0.3 is 50.5 Å². The monoisotopic (exact) mass is 1120 g/mol. The van der Waals surface area contributed by atoms with Crippen LogP contribution in [0.25, 0.3) is 0 Å². The van der Waals surface area contributed by atoms with E-state index in [2.05, 4.69) is 31.3 Å². The van der Waals surface area contributed by atoms with E-state index in [4.69, 9.17) is 9.47 Å². The number of hydrogen-bond acceptors (Lipinski definition) is 10. The van der Waals surface area contributed by atoms with Gasteiger partial charge in [0.15, 0.2) is 6.29 Å². The number of aliphatic hydroxyl groups excluding tert-OH is 7. The smallest absolute Gasteiger partial charge is 0.249 e. The molecule has 1 heterocycles. The van der Waals surface area contributed by atoms with E-state index in [1.54, 1.807) is 0 Å². The summed E-state index contributed by atoms with van der Waals surface area (Å²) in [6.45, 7) is 3.49. The van der Waals surface area contributed by atoms with Gasteiger partial charge in [-0.1, -0.05) is 321 Å². The van der Waals surface area contributed by atoms with E-state index in [9.17, 15) is 40.5 Å². The van der Waals surface area contributed by atoms with E-state index in [1.165, 1.54) is 270 Å². The number of aliphatic hydroxyl groups is 7. The van der Waals surface area contributed by atoms with Crippen LogP contribution in [0.3, 0.4) is 0 Å². The predicted molar refractivity (Wildman–Crippen MR) is 330 cm³/mol. The summed E-state index contributed by atoms with van der Waals surface area (Å²) >= 11 is 0. The van der Waals surface area contributed by atoms with Gasteiger partial charge in [-0.3, -0.25) is 4.79 Å². The Bertz CT molecular complexity index is 1290. The molecular weight excluding hydrogens is 991 g/mol. The van der Waals surface area contributed by atoms with E-state index in [0.29, 0.717) is 12.8 Å². The summed E-state index contributed by atoms with van der Waals surface area (Å²) in [5.41, 5.74) is 0. The quantitative estimate of drug-likeness (QED) is 0.0215. The Morgan fingerprint density at radius 2 is 0.747 bits per heavy atom. The molecule has 0 aromatic carbocycles. The van der Waals surface area contributed by atoms with Gasteiger partial charge in [-0.2, -0.15) is 0 Å². The molecule has 0 radical (unpaired) electrons. The van der Waals surface area contributed by atoms with E-state index in [-0.39, 0.29) is 12.8 Å². The van der Waals surface area contributed by atoms with Crippen LogP contribution in [0.2, 0.25) is 0 Å². The van der Waals surface area contributed by atoms with Crippen LogP contribution < -0.4 is 5.32 Å². The van der Waals surface area contributed by atoms with E-state index >= 15 is 0 Å². The fourth-order valence-electron chi connectivity index (χ4n) is 11.5. The average Bonchev–Trinajstić information content (AvgIpc) is 3.46. The highest BCUT2D eigenvalue weighted by molar-refractivity contribution is 5.80. The average molecular weight is 1120 g/mol. The minimum atomic E-state index is -1.67. The summed E-state index contributed by atoms with van der Waals surface area (Å²) in [5.74, 6) is -0.698. The number of carbonyl (C=O) groups excluding carboxylic acids is 1. The van der Waals surface area contributed by atoms with Crippen LogP contribution in [-0.4, -0.2) is 110 Å². The maximum absolute atomic E-state index is 13.2. The van der Waals surface area contributed by atoms with Crippen LogP contribution in [0.15, 0.2) is 12.2 Å². The second-order valence-corrected chi connectivity index (χ2v) is 24.6. The van der Waals surface area contributed by atoms with Gasteiger partial charge in [0, 0.05) is 0 Å². The summed E-state index contributed by atoms with van der Waals surface area (Å²) in [5, 5.41) is 76.3. The number of hydrogen-bond donors (Lipinski definition) is 8. The van der Waals surface area contributed by atoms with Crippen LogP contribution in [-0.2, 0) is 14.3 Å². The highest BCUT2D eigenvalue weighted by Crippen LogP contribution is 2.24. The first-order chi connectivity index (χ1) is 38.7. The predicted octanol–water partition coefficient (Wildman–Crippen LogP) is 16.3. The van der Waals surface area contributed by atoms with Crippen LogP contribution in [0, 0.1) is 0 Å². The number of unbranched alkanes of at least 4 members (excludes halogenated alkanes) is 47. The third-order valence-electron chi connectivity index (χ3n) is 17.1. The van der Waals surface area contributed by atoms with Crippen LogP contribution in [0.4, 0.5) is 0 Å². The maximum atomic E-state index is 13.2. The number of carbonyl (C=O) groups is 1. The zero-order chi connectivity index (χ0) is 57.5. The molecule has 0 spiro atoms. The fourth-order valence-corrected chi connectivity index (χ4v) is 11.5. The van der Waals surface area contributed by atoms with E-state index < -0.39 is 74.2 Å². The lowest BCUT2D eigenvalue weighted by Crippen LogP contribution is -2.60. The molecule has 1 rings (SSSR count). The molecular formula is C68H133NO10. The minimum Gasteiger partial charge on any atom is -0.394 e. The van der Waals surface area contributed by atoms with Crippen molar-refractivity contribution in [3.63, 3.8) is 0 Å². The Morgan fingerprint density at radius 1 is 0.430 bits per heavy atom. The molecule has 0 aromatic rings. The second-order valence-electron chi connectivity index (χ2n) is 24.6. The highest BCUT2D eigenvalue weighted by atomic mass is 16.7. The molecule has 0 bridgehead atoms. The van der Waals surface area contributed by atoms with Crippen molar-refractivity contribution in [1.82, 2.24) is 5.32 Å². The Hall–Kier alpha value is -1.15. The zero-order valence-corrected chi connectivity index (χ0v) is 51.9. The Morgan fingerprint density at radius 3 is 1.09 bits per heavy atom. The summed E-state index contributed by atoms with van der Waals surface area (Å²) in [6.07, 6.45) is 58.8. The standard InChI is InChI=1S/C68H133NO10/c1-3-5-7-9-11-13-15-17-19-21-23-24-25-26-27-28-29-30-31-32-33-34-35-36-37-38-40-42-44-46-48-50-52-54-56-61(72)67(77)69-59(58-78-68-66(76)65(75)64(74)62(57-70)79-68)63(73)60(71)55-53-51-49-47-45-43-41-39-22-20-18-16-14-12-10-8-6-4-2/h47,49,59-66,68,70-76H,3-46,48,50-58H2,1-2H3,(H,69,77)/b49-47+. The molecule has 11 nitrogen and oxygen atoms in total. The lowest BCUT2D eigenvalue weighted by Gasteiger charge is -2.40. The van der Waals surface area contributed by atoms with Crippen molar-refractivity contribution in [2.24, 2.45) is 0 Å². The second kappa shape index (κ2) is 57.3. The molecule has 1 amide bonds. The zero-order valence-electron chi connectivity index (χ0n) is 51.9. The SMILES string of the molecule is CCCCCCCCCCCCCCC/C=C/CCCC(O)C(O)C(COC1OC(CO)C(O)C(O)C1O)NC(=O)C(O)CCCCCCCCCCCCCCCCCCCCCCCCCCCCCCCCCCCC. The summed E-state index contributed by atoms with van der Waals surface area (Å²) in [6, 6.07) is -1.18. The first-order valence-electron chi connectivity index (χ1n) is 34.6. The molecule has 1 aliphatic heterocycles. The largest absolute Gasteiger partial charge is 0.394 e. The lowest BCUT2D eigenvalue weighted by molar-refractivity contribution is -0.303. The van der Waals surface area contributed by atoms with Gasteiger partial charge in [0.2, 0.25) is 5.91 Å². The van der Waals surface area contributed by atoms with Crippen LogP contribution in [0.1, 0.15) is 348 Å². The molecule has 0 aliphatic carbocycles. The summed E-state index contributed by atoms with van der Waals surface area (Å²) in [4.78, 5) is 13.2. The van der Waals surface area contributed by atoms with E-state index in [0.717, 1.165) is 38.5 Å². The van der Waals surface area contributed by atoms with Crippen molar-refractivity contribution in [3.05, 3.63) is 12.2 Å². The molecule has 470 valence electrons. The third kappa shape index (κ3) is 45.0. The van der Waals surface area contributed by atoms with Crippen LogP contribution in [0.5, 0.6) is 0 Å². The van der Waals surface area contributed by atoms with Crippen molar-refractivity contribution in [1.29, 1.82) is 0 Å². The third-order valence-corrected chi connectivity index (χ3v) is 17.1. The van der Waals surface area contributed by atoms with Crippen molar-refractivity contribution < 1.29 is 50.0 Å². The van der Waals surface area contributed by atoms with Crippen molar-refractivity contribution in [2.75, 3.05) is 13.2 Å². The van der Waals surface area contributed by atoms with Crippen molar-refractivity contribution in [3.8, 4) is 0 Å². The van der Waals surface area contributed by atoms with Gasteiger partial charge in [0.05, 0.1) is 25.4 Å². The first-order valence-corrected chi connectivity index (χ1v) is 34.6. The maximum Gasteiger partial charge on any atom is 0.249 e. The van der Waals surface area contributed by atoms with Gasteiger partial charge in [-0.25, -0.2) is 0 Å². The Balaban J connectivity index is 2.15. The number of rotatable bonds is 61. The molecule has 1 saturated heterocycles. The molecule has 8 N–H and O–H groups in total. The molecule has 79 heavy (non-hydrogen) atoms. The normalized spacial score (nSPS) is 19.3. The van der Waals surface area contributed by atoms with Gasteiger partial charge in [-0.15, -0.1) is 0 Å². The molecule has 0 saturated carbocycles. The minimum absolute atomic E-state index is 0.260. The molecule has 1 fully saturated rings. The topological polar surface area (TPSA) is 189 Å². The van der Waals surface area contributed by atoms with Gasteiger partial charge in [0.25, 0.3) is 0 Å². The highest BCUT2D eigenvalue weighted by Gasteiger charge is 2.44.